The van der Waals surface area contributed by atoms with Gasteiger partial charge in [-0.3, -0.25) is 4.90 Å². The number of carbonyl (C=O) groups excluding carboxylic acids is 1. The number of aliphatic hydroxyl groups excluding tert-OH is 1. The average molecular weight is 462 g/mol. The van der Waals surface area contributed by atoms with Crippen molar-refractivity contribution >= 4 is 27.8 Å². The van der Waals surface area contributed by atoms with E-state index in [4.69, 9.17) is 11.6 Å². The van der Waals surface area contributed by atoms with E-state index in [1.807, 2.05) is 52.9 Å². The summed E-state index contributed by atoms with van der Waals surface area (Å²) >= 11 is 1.74. The molecule has 0 amide bonds. The predicted octanol–water partition coefficient (Wildman–Crippen LogP) is 3.66. The molecule has 3 atom stereocenters. The molecule has 2 fully saturated rings. The van der Waals surface area contributed by atoms with Gasteiger partial charge in [0.1, 0.15) is 17.3 Å². The zero-order valence-electron chi connectivity index (χ0n) is 19.9. The van der Waals surface area contributed by atoms with E-state index in [2.05, 4.69) is 16.0 Å². The van der Waals surface area contributed by atoms with Gasteiger partial charge in [-0.15, -0.1) is 11.3 Å². The van der Waals surface area contributed by atoms with Crippen molar-refractivity contribution in [2.24, 2.45) is 23.4 Å². The molecule has 1 saturated carbocycles. The van der Waals surface area contributed by atoms with Gasteiger partial charge in [0.05, 0.1) is 22.4 Å². The van der Waals surface area contributed by atoms with Crippen LogP contribution in [0, 0.1) is 11.8 Å². The van der Waals surface area contributed by atoms with Gasteiger partial charge < -0.3 is 20.6 Å². The van der Waals surface area contributed by atoms with E-state index in [-0.39, 0.29) is 24.1 Å². The molecule has 7 nitrogen and oxygen atoms in total. The van der Waals surface area contributed by atoms with Crippen molar-refractivity contribution < 1.29 is 9.90 Å². The Morgan fingerprint density at radius 1 is 1.31 bits per heavy atom. The third-order valence-corrected chi connectivity index (χ3v) is 6.77. The lowest BCUT2D eigenvalue weighted by Gasteiger charge is -2.24. The van der Waals surface area contributed by atoms with Crippen molar-refractivity contribution in [1.82, 2.24) is 14.9 Å². The van der Waals surface area contributed by atoms with Crippen LogP contribution in [0.2, 0.25) is 0 Å². The summed E-state index contributed by atoms with van der Waals surface area (Å²) in [6.07, 6.45) is 5.43. The molecule has 2 aliphatic rings. The smallest absolute Gasteiger partial charge is 0.144 e. The maximum Gasteiger partial charge on any atom is 0.144 e. The molecule has 1 aliphatic carbocycles. The fourth-order valence-electron chi connectivity index (χ4n) is 3.65. The molecule has 0 spiro atoms. The highest BCUT2D eigenvalue weighted by atomic mass is 32.1. The van der Waals surface area contributed by atoms with Gasteiger partial charge in [0.15, 0.2) is 0 Å². The Morgan fingerprint density at radius 2 is 1.97 bits per heavy atom. The summed E-state index contributed by atoms with van der Waals surface area (Å²) in [6, 6.07) is 8.19. The monoisotopic (exact) mass is 461 g/mol. The maximum atomic E-state index is 10.8. The molecule has 32 heavy (non-hydrogen) atoms. The molecular formula is C24H39N5O2S. The number of β-amino-alcohol motifs (C(OH)–C–C–N with tert-alkyl or cyclic N) is 1. The van der Waals surface area contributed by atoms with Crippen LogP contribution in [0.15, 0.2) is 36.2 Å². The Labute approximate surface area is 196 Å². The normalized spacial score (nSPS) is 22.1. The van der Waals surface area contributed by atoms with Gasteiger partial charge in [0, 0.05) is 24.4 Å². The van der Waals surface area contributed by atoms with Gasteiger partial charge in [-0.05, 0) is 44.4 Å². The van der Waals surface area contributed by atoms with Crippen LogP contribution in [0.25, 0.3) is 10.2 Å². The number of aromatic nitrogens is 1. The average Bonchev–Trinajstić information content (AvgIpc) is 3.44. The van der Waals surface area contributed by atoms with E-state index in [1.165, 1.54) is 9.71 Å². The van der Waals surface area contributed by atoms with E-state index in [9.17, 15) is 9.90 Å². The van der Waals surface area contributed by atoms with Gasteiger partial charge >= 0.3 is 0 Å². The predicted molar refractivity (Wildman–Crippen MR) is 133 cm³/mol. The van der Waals surface area contributed by atoms with Crippen LogP contribution < -0.4 is 11.6 Å². The van der Waals surface area contributed by atoms with Crippen molar-refractivity contribution in [2.45, 2.75) is 65.1 Å². The second-order valence-corrected chi connectivity index (χ2v) is 9.65. The minimum Gasteiger partial charge on any atom is -0.401 e. The van der Waals surface area contributed by atoms with Crippen molar-refractivity contribution in [3.05, 3.63) is 41.2 Å². The molecule has 4 rings (SSSR count). The summed E-state index contributed by atoms with van der Waals surface area (Å²) in [4.78, 5) is 17.6. The lowest BCUT2D eigenvalue weighted by Crippen LogP contribution is -2.42. The van der Waals surface area contributed by atoms with Crippen LogP contribution >= 0.6 is 11.3 Å². The van der Waals surface area contributed by atoms with E-state index in [0.29, 0.717) is 5.92 Å². The summed E-state index contributed by atoms with van der Waals surface area (Å²) in [7, 11) is 2.05. The van der Waals surface area contributed by atoms with Gasteiger partial charge in [-0.1, -0.05) is 39.8 Å². The minimum atomic E-state index is -0.285. The summed E-state index contributed by atoms with van der Waals surface area (Å²) < 4.78 is 1.23. The Kier molecular flexibility index (Phi) is 10.1. The number of fused-ring (bicyclic) bond motifs is 1. The first-order chi connectivity index (χ1) is 15.3. The summed E-state index contributed by atoms with van der Waals surface area (Å²) in [5.41, 5.74) is 7.65. The Bertz CT molecular complexity index is 847. The molecule has 1 aliphatic heterocycles. The quantitative estimate of drug-likeness (QED) is 0.342. The standard InChI is InChI=1S/C12H14N2OS.C10H19N3O.C2H6/c1-14-7-8(15)6-10(14)12-13-9-4-2-3-5-11(9)16-12;1-7(2)10(6-14)13(12)5-9(11)8-3-4-8;1-2/h2-5,8,10,15H,6-7H2,1H3;5-8,10H,3-4,11-12H2,1-2H3;1-2H3/b;9-5-;. The second kappa shape index (κ2) is 12.3. The Morgan fingerprint density at radius 3 is 2.47 bits per heavy atom. The number of para-hydroxylation sites is 1. The topological polar surface area (TPSA) is 109 Å². The van der Waals surface area contributed by atoms with Gasteiger partial charge in [0.2, 0.25) is 0 Å². The van der Waals surface area contributed by atoms with Crippen LogP contribution in [-0.2, 0) is 4.79 Å². The third kappa shape index (κ3) is 7.00. The number of thiazole rings is 1. The fourth-order valence-corrected chi connectivity index (χ4v) is 4.79. The Hall–Kier alpha value is -2.00. The largest absolute Gasteiger partial charge is 0.401 e. The molecule has 2 aromatic rings. The summed E-state index contributed by atoms with van der Waals surface area (Å²) in [5.74, 6) is 6.42. The number of likely N-dealkylation sites (tertiary alicyclic amines) is 1. The van der Waals surface area contributed by atoms with E-state index >= 15 is 0 Å². The molecule has 0 radical (unpaired) electrons. The number of rotatable bonds is 6. The van der Waals surface area contributed by atoms with E-state index < -0.39 is 0 Å². The Balaban J connectivity index is 0.000000213. The summed E-state index contributed by atoms with van der Waals surface area (Å²) in [6.45, 7) is 8.67. The second-order valence-electron chi connectivity index (χ2n) is 8.59. The number of nitrogens with two attached hydrogens (primary N) is 2. The zero-order valence-corrected chi connectivity index (χ0v) is 20.8. The van der Waals surface area contributed by atoms with Gasteiger partial charge in [-0.25, -0.2) is 10.8 Å². The van der Waals surface area contributed by atoms with Crippen molar-refractivity contribution in [2.75, 3.05) is 13.6 Å². The SMILES string of the molecule is CC.CC(C)C(C=O)N(N)/C=C(\N)C1CC1.CN1CC(O)CC1c1nc2ccccc2s1. The van der Waals surface area contributed by atoms with Crippen LogP contribution in [0.5, 0.6) is 0 Å². The van der Waals surface area contributed by atoms with Crippen LogP contribution in [-0.4, -0.2) is 52.0 Å². The van der Waals surface area contributed by atoms with Crippen LogP contribution in [0.3, 0.4) is 0 Å². The van der Waals surface area contributed by atoms with E-state index in [0.717, 1.165) is 48.3 Å². The maximum absolute atomic E-state index is 10.8. The molecule has 178 valence electrons. The van der Waals surface area contributed by atoms with Crippen molar-refractivity contribution in [3.63, 3.8) is 0 Å². The molecule has 5 N–H and O–H groups in total. The number of nitrogens with zero attached hydrogens (tertiary/aromatic N) is 3. The van der Waals surface area contributed by atoms with Crippen LogP contribution in [0.4, 0.5) is 0 Å². The minimum absolute atomic E-state index is 0.195. The molecule has 2 heterocycles. The number of aliphatic hydroxyl groups is 1. The highest BCUT2D eigenvalue weighted by Crippen LogP contribution is 2.35. The lowest BCUT2D eigenvalue weighted by molar-refractivity contribution is -0.112. The van der Waals surface area contributed by atoms with E-state index in [1.54, 1.807) is 17.5 Å². The number of allylic oxidation sites excluding steroid dienone is 1. The zero-order chi connectivity index (χ0) is 23.8. The number of likely N-dealkylation sites (N-methyl/N-ethyl adjacent to an activating group) is 1. The molecule has 1 saturated heterocycles. The number of benzene rings is 1. The molecule has 1 aromatic carbocycles. The van der Waals surface area contributed by atoms with Crippen LogP contribution in [0.1, 0.15) is 58.0 Å². The third-order valence-electron chi connectivity index (χ3n) is 5.64. The highest BCUT2D eigenvalue weighted by Gasteiger charge is 2.31. The highest BCUT2D eigenvalue weighted by molar-refractivity contribution is 7.18. The fraction of sp³-hybridized carbons (Fsp3) is 0.583. The molecule has 3 unspecified atom stereocenters. The number of carbonyl (C=O) groups is 1. The molecule has 0 bridgehead atoms. The number of hydrazine groups is 1. The first-order valence-electron chi connectivity index (χ1n) is 11.5. The molecule has 1 aromatic heterocycles. The lowest BCUT2D eigenvalue weighted by atomic mass is 10.1. The van der Waals surface area contributed by atoms with Crippen molar-refractivity contribution in [1.29, 1.82) is 0 Å². The molecule has 8 heteroatoms. The first-order valence-corrected chi connectivity index (χ1v) is 12.3. The number of aldehydes is 1. The molecular weight excluding hydrogens is 422 g/mol. The number of hydrogen-bond donors (Lipinski definition) is 3. The summed E-state index contributed by atoms with van der Waals surface area (Å²) in [5, 5.41) is 12.2. The van der Waals surface area contributed by atoms with Gasteiger partial charge in [-0.2, -0.15) is 0 Å². The first kappa shape index (κ1) is 26.3. The van der Waals surface area contributed by atoms with Crippen molar-refractivity contribution in [3.8, 4) is 0 Å². The number of hydrogen-bond acceptors (Lipinski definition) is 8. The van der Waals surface area contributed by atoms with Gasteiger partial charge in [0.25, 0.3) is 0 Å².